The second-order valence-electron chi connectivity index (χ2n) is 10.4. The van der Waals surface area contributed by atoms with Crippen molar-refractivity contribution in [3.8, 4) is 0 Å². The van der Waals surface area contributed by atoms with Crippen molar-refractivity contribution in [2.45, 2.75) is 50.5 Å². The molecule has 2 amide bonds. The van der Waals surface area contributed by atoms with E-state index in [2.05, 4.69) is 6.58 Å². The highest BCUT2D eigenvalue weighted by molar-refractivity contribution is 6.05. The third-order valence-corrected chi connectivity index (χ3v) is 8.19. The van der Waals surface area contributed by atoms with E-state index >= 15 is 0 Å². The number of aliphatic hydroxyl groups is 1. The van der Waals surface area contributed by atoms with Crippen molar-refractivity contribution in [2.75, 3.05) is 18.1 Å². The van der Waals surface area contributed by atoms with Gasteiger partial charge in [-0.2, -0.15) is 0 Å². The topological polar surface area (TPSA) is 107 Å². The minimum Gasteiger partial charge on any atom is -0.481 e. The monoisotopic (exact) mass is 492 g/mol. The van der Waals surface area contributed by atoms with E-state index in [1.807, 2.05) is 56.3 Å². The summed E-state index contributed by atoms with van der Waals surface area (Å²) in [5.41, 5.74) is -0.584. The summed E-state index contributed by atoms with van der Waals surface area (Å²) in [4.78, 5) is 43.6. The van der Waals surface area contributed by atoms with Gasteiger partial charge >= 0.3 is 5.97 Å². The molecule has 3 heterocycles. The van der Waals surface area contributed by atoms with Crippen LogP contribution in [0, 0.1) is 17.8 Å². The minimum absolute atomic E-state index is 0.154. The van der Waals surface area contributed by atoms with E-state index in [0.717, 1.165) is 10.8 Å². The molecule has 2 bridgehead atoms. The van der Waals surface area contributed by atoms with Crippen LogP contribution < -0.4 is 4.90 Å². The summed E-state index contributed by atoms with van der Waals surface area (Å²) in [5, 5.41) is 22.2. The van der Waals surface area contributed by atoms with Crippen molar-refractivity contribution < 1.29 is 29.3 Å². The van der Waals surface area contributed by atoms with Crippen LogP contribution in [0.5, 0.6) is 0 Å². The molecule has 1 spiro atoms. The van der Waals surface area contributed by atoms with Crippen LogP contribution >= 0.6 is 0 Å². The van der Waals surface area contributed by atoms with Crippen LogP contribution in [0.2, 0.25) is 0 Å². The number of aliphatic carboxylic acids is 1. The molecule has 2 unspecified atom stereocenters. The highest BCUT2D eigenvalue weighted by Crippen LogP contribution is 2.59. The maximum Gasteiger partial charge on any atom is 0.310 e. The van der Waals surface area contributed by atoms with Crippen molar-refractivity contribution in [2.24, 2.45) is 17.8 Å². The number of carbonyl (C=O) groups is 3. The third-order valence-electron chi connectivity index (χ3n) is 8.19. The molecule has 2 aromatic rings. The molecule has 8 nitrogen and oxygen atoms in total. The van der Waals surface area contributed by atoms with Gasteiger partial charge in [0.05, 0.1) is 30.6 Å². The fourth-order valence-corrected chi connectivity index (χ4v) is 6.57. The van der Waals surface area contributed by atoms with E-state index in [1.54, 1.807) is 11.0 Å². The Morgan fingerprint density at radius 3 is 2.61 bits per heavy atom. The van der Waals surface area contributed by atoms with E-state index in [4.69, 9.17) is 4.74 Å². The number of fused-ring (bicyclic) bond motifs is 2. The highest BCUT2D eigenvalue weighted by Gasteiger charge is 2.75. The molecule has 2 N–H and O–H groups in total. The Labute approximate surface area is 210 Å². The summed E-state index contributed by atoms with van der Waals surface area (Å²) in [6, 6.07) is 11.9. The largest absolute Gasteiger partial charge is 0.481 e. The molecule has 0 radical (unpaired) electrons. The van der Waals surface area contributed by atoms with Crippen LogP contribution in [-0.2, 0) is 19.1 Å². The number of hydrogen-bond acceptors (Lipinski definition) is 5. The fraction of sp³-hybridized carbons (Fsp3) is 0.464. The maximum atomic E-state index is 14.4. The van der Waals surface area contributed by atoms with Crippen LogP contribution in [0.15, 0.2) is 55.1 Å². The van der Waals surface area contributed by atoms with Gasteiger partial charge in [-0.05, 0) is 41.7 Å². The molecule has 8 heteroatoms. The average Bonchev–Trinajstić information content (AvgIpc) is 3.50. The number of likely N-dealkylation sites (tertiary alicyclic amines) is 1. The lowest BCUT2D eigenvalue weighted by Gasteiger charge is -2.40. The molecule has 0 saturated carbocycles. The average molecular weight is 493 g/mol. The molecule has 3 aliphatic rings. The molecule has 2 aromatic carbocycles. The number of nitrogens with zero attached hydrogens (tertiary/aromatic N) is 2. The van der Waals surface area contributed by atoms with E-state index in [9.17, 15) is 24.6 Å². The minimum atomic E-state index is -1.24. The Morgan fingerprint density at radius 1 is 1.25 bits per heavy atom. The smallest absolute Gasteiger partial charge is 0.310 e. The van der Waals surface area contributed by atoms with Crippen LogP contribution in [0.4, 0.5) is 5.69 Å². The van der Waals surface area contributed by atoms with Crippen molar-refractivity contribution in [1.29, 1.82) is 0 Å². The van der Waals surface area contributed by atoms with Gasteiger partial charge in [-0.25, -0.2) is 0 Å². The zero-order chi connectivity index (χ0) is 25.8. The van der Waals surface area contributed by atoms with Crippen LogP contribution in [0.1, 0.15) is 26.7 Å². The second-order valence-corrected chi connectivity index (χ2v) is 10.4. The lowest BCUT2D eigenvalue weighted by Crippen LogP contribution is -2.59. The van der Waals surface area contributed by atoms with Crippen molar-refractivity contribution in [3.05, 3.63) is 55.1 Å². The number of ether oxygens (including phenoxy) is 1. The first-order valence-electron chi connectivity index (χ1n) is 12.5. The summed E-state index contributed by atoms with van der Waals surface area (Å²) in [6.45, 7) is 7.45. The normalized spacial score (nSPS) is 29.6. The summed E-state index contributed by atoms with van der Waals surface area (Å²) >= 11 is 0. The highest BCUT2D eigenvalue weighted by atomic mass is 16.5. The van der Waals surface area contributed by atoms with Crippen LogP contribution in [-0.4, -0.2) is 69.8 Å². The van der Waals surface area contributed by atoms with Crippen molar-refractivity contribution in [1.82, 2.24) is 4.90 Å². The Bertz CT molecular complexity index is 1230. The van der Waals surface area contributed by atoms with Crippen LogP contribution in [0.25, 0.3) is 10.8 Å². The molecule has 0 aliphatic carbocycles. The Morgan fingerprint density at radius 2 is 1.97 bits per heavy atom. The van der Waals surface area contributed by atoms with Crippen molar-refractivity contribution >= 4 is 34.2 Å². The predicted octanol–water partition coefficient (Wildman–Crippen LogP) is 2.83. The number of amides is 2. The fourth-order valence-electron chi connectivity index (χ4n) is 6.57. The first kappa shape index (κ1) is 24.5. The lowest BCUT2D eigenvalue weighted by molar-refractivity contribution is -0.151. The van der Waals surface area contributed by atoms with Gasteiger partial charge in [0.2, 0.25) is 5.91 Å². The maximum absolute atomic E-state index is 14.4. The van der Waals surface area contributed by atoms with E-state index in [0.29, 0.717) is 18.5 Å². The van der Waals surface area contributed by atoms with Gasteiger partial charge in [-0.3, -0.25) is 14.4 Å². The number of rotatable bonds is 8. The zero-order valence-electron chi connectivity index (χ0n) is 20.5. The van der Waals surface area contributed by atoms with Gasteiger partial charge in [0.1, 0.15) is 11.6 Å². The molecular formula is C28H32N2O6. The third kappa shape index (κ3) is 3.46. The summed E-state index contributed by atoms with van der Waals surface area (Å²) < 4.78 is 6.30. The summed E-state index contributed by atoms with van der Waals surface area (Å²) in [5.74, 6) is -3.99. The number of carboxylic acid groups (broad SMARTS) is 1. The molecule has 36 heavy (non-hydrogen) atoms. The molecule has 0 aromatic heterocycles. The number of hydrogen-bond donors (Lipinski definition) is 2. The number of carbonyl (C=O) groups excluding carboxylic acids is 2. The molecule has 3 aliphatic heterocycles. The van der Waals surface area contributed by atoms with Gasteiger partial charge in [0.25, 0.3) is 5.91 Å². The first-order valence-corrected chi connectivity index (χ1v) is 12.5. The Balaban J connectivity index is 1.63. The van der Waals surface area contributed by atoms with Gasteiger partial charge < -0.3 is 24.7 Å². The van der Waals surface area contributed by atoms with E-state index < -0.39 is 47.5 Å². The Kier molecular flexibility index (Phi) is 6.12. The number of anilines is 1. The number of carboxylic acids is 1. The standard InChI is InChI=1S/C28H32N2O6/c1-4-13-29(19-10-9-17-7-5-6-8-18(17)14-19)26(33)24-28-12-11-21(36-28)22(27(34)35)23(28)25(32)30(24)20(15-31)16(2)3/h4-10,14,16,20-24,31H,1,11-13,15H2,2-3H3,(H,34,35)/t20-,21+,22-,23-,24?,28?/m0/s1. The van der Waals surface area contributed by atoms with Crippen molar-refractivity contribution in [3.63, 3.8) is 0 Å². The van der Waals surface area contributed by atoms with Gasteiger partial charge in [0.15, 0.2) is 0 Å². The quantitative estimate of drug-likeness (QED) is 0.549. The molecule has 5 rings (SSSR count). The number of benzene rings is 2. The van der Waals surface area contributed by atoms with Gasteiger partial charge in [-0.15, -0.1) is 6.58 Å². The number of aliphatic hydroxyl groups excluding tert-OH is 1. The molecule has 3 fully saturated rings. The SMILES string of the molecule is C=CCN(C(=O)C1N([C@@H](CO)C(C)C)C(=O)[C@@H]2[C@@H](C(=O)O)[C@H]3CCC12O3)c1ccc2ccccc2c1. The van der Waals surface area contributed by atoms with E-state index in [1.165, 1.54) is 4.90 Å². The summed E-state index contributed by atoms with van der Waals surface area (Å²) in [7, 11) is 0. The molecule has 3 saturated heterocycles. The van der Waals surface area contributed by atoms with E-state index in [-0.39, 0.29) is 25.0 Å². The van der Waals surface area contributed by atoms with Crippen LogP contribution in [0.3, 0.4) is 0 Å². The van der Waals surface area contributed by atoms with Gasteiger partial charge in [-0.1, -0.05) is 50.3 Å². The second kappa shape index (κ2) is 9.01. The molecular weight excluding hydrogens is 460 g/mol. The lowest BCUT2D eigenvalue weighted by atomic mass is 9.70. The molecule has 190 valence electrons. The first-order chi connectivity index (χ1) is 17.2. The van der Waals surface area contributed by atoms with Gasteiger partial charge in [0, 0.05) is 12.2 Å². The predicted molar refractivity (Wildman–Crippen MR) is 134 cm³/mol. The Hall–Kier alpha value is -3.23. The summed E-state index contributed by atoms with van der Waals surface area (Å²) in [6.07, 6.45) is 1.92. The molecule has 6 atom stereocenters. The zero-order valence-corrected chi connectivity index (χ0v) is 20.5.